The van der Waals surface area contributed by atoms with E-state index in [0.29, 0.717) is 12.6 Å². The average molecular weight is 255 g/mol. The van der Waals surface area contributed by atoms with E-state index in [2.05, 4.69) is 27.6 Å². The van der Waals surface area contributed by atoms with Gasteiger partial charge in [0.1, 0.15) is 5.01 Å². The second-order valence-corrected chi connectivity index (χ2v) is 5.92. The Kier molecular flexibility index (Phi) is 4.23. The fourth-order valence-electron chi connectivity index (χ4n) is 1.60. The van der Waals surface area contributed by atoms with E-state index in [1.54, 1.807) is 11.3 Å². The maximum absolute atomic E-state index is 4.58. The predicted octanol–water partition coefficient (Wildman–Crippen LogP) is 2.81. The molecule has 16 heavy (non-hydrogen) atoms. The molecule has 0 bridgehead atoms. The quantitative estimate of drug-likeness (QED) is 0.902. The number of thioether (sulfide) groups is 1. The van der Waals surface area contributed by atoms with E-state index in [0.717, 1.165) is 15.9 Å². The third-order valence-electron chi connectivity index (χ3n) is 2.55. The number of hydrogen-bond donors (Lipinski definition) is 1. The lowest BCUT2D eigenvalue weighted by Crippen LogP contribution is -2.37. The zero-order valence-electron chi connectivity index (χ0n) is 9.69. The van der Waals surface area contributed by atoms with Crippen molar-refractivity contribution in [3.63, 3.8) is 0 Å². The van der Waals surface area contributed by atoms with Gasteiger partial charge in [-0.05, 0) is 19.8 Å². The third kappa shape index (κ3) is 3.22. The molecule has 1 aliphatic rings. The number of thiazole rings is 1. The van der Waals surface area contributed by atoms with Crippen molar-refractivity contribution in [2.45, 2.75) is 39.3 Å². The number of nitrogens with one attached hydrogen (secondary N) is 1. The van der Waals surface area contributed by atoms with Crippen molar-refractivity contribution in [2.75, 3.05) is 5.75 Å². The number of hydrogen-bond acceptors (Lipinski definition) is 4. The number of rotatable bonds is 3. The van der Waals surface area contributed by atoms with Gasteiger partial charge >= 0.3 is 0 Å². The van der Waals surface area contributed by atoms with Gasteiger partial charge < -0.3 is 5.32 Å². The van der Waals surface area contributed by atoms with Crippen LogP contribution in [0.25, 0.3) is 0 Å². The molecule has 1 aliphatic heterocycles. The highest BCUT2D eigenvalue weighted by Crippen LogP contribution is 2.17. The summed E-state index contributed by atoms with van der Waals surface area (Å²) >= 11 is 3.51. The van der Waals surface area contributed by atoms with Gasteiger partial charge in [-0.15, -0.1) is 11.3 Å². The van der Waals surface area contributed by atoms with E-state index in [1.165, 1.54) is 18.6 Å². The molecule has 3 nitrogen and oxygen atoms in total. The van der Waals surface area contributed by atoms with Crippen LogP contribution in [-0.4, -0.2) is 21.9 Å². The summed E-state index contributed by atoms with van der Waals surface area (Å²) in [6, 6.07) is 0.609. The molecule has 0 saturated carbocycles. The van der Waals surface area contributed by atoms with Crippen molar-refractivity contribution in [2.24, 2.45) is 4.99 Å². The fourth-order valence-corrected chi connectivity index (χ4v) is 3.30. The van der Waals surface area contributed by atoms with Crippen molar-refractivity contribution < 1.29 is 0 Å². The van der Waals surface area contributed by atoms with Gasteiger partial charge in [0.05, 0.1) is 6.54 Å². The van der Waals surface area contributed by atoms with Gasteiger partial charge in [-0.25, -0.2) is 4.98 Å². The van der Waals surface area contributed by atoms with E-state index in [-0.39, 0.29) is 0 Å². The van der Waals surface area contributed by atoms with Crippen molar-refractivity contribution in [1.29, 1.82) is 0 Å². The predicted molar refractivity (Wildman–Crippen MR) is 72.3 cm³/mol. The minimum Gasteiger partial charge on any atom is -0.362 e. The van der Waals surface area contributed by atoms with Crippen LogP contribution in [0, 0.1) is 6.92 Å². The van der Waals surface area contributed by atoms with Gasteiger partial charge in [0.25, 0.3) is 0 Å². The van der Waals surface area contributed by atoms with E-state index in [4.69, 9.17) is 0 Å². The molecule has 0 aliphatic carbocycles. The second-order valence-electron chi connectivity index (χ2n) is 3.89. The van der Waals surface area contributed by atoms with Gasteiger partial charge in [-0.2, -0.15) is 0 Å². The second kappa shape index (κ2) is 5.68. The van der Waals surface area contributed by atoms with E-state index >= 15 is 0 Å². The lowest BCUT2D eigenvalue weighted by Gasteiger charge is -2.24. The summed E-state index contributed by atoms with van der Waals surface area (Å²) in [6.45, 7) is 4.95. The molecular formula is C11H17N3S2. The molecule has 1 aromatic rings. The lowest BCUT2D eigenvalue weighted by atomic mass is 10.2. The summed E-state index contributed by atoms with van der Waals surface area (Å²) < 4.78 is 0. The van der Waals surface area contributed by atoms with E-state index in [1.807, 2.05) is 18.7 Å². The van der Waals surface area contributed by atoms with Crippen LogP contribution in [0.15, 0.2) is 10.4 Å². The Morgan fingerprint density at radius 1 is 1.62 bits per heavy atom. The van der Waals surface area contributed by atoms with Crippen molar-refractivity contribution in [3.05, 3.63) is 16.1 Å². The van der Waals surface area contributed by atoms with Gasteiger partial charge in [0.15, 0.2) is 5.17 Å². The standard InChI is InChI=1S/C11H17N3S2/c1-3-9-4-5-15-11(14-9)12-6-10-13-8(2)7-16-10/h7,9H,3-6H2,1-2H3,(H,12,14). The van der Waals surface area contributed by atoms with Crippen LogP contribution in [-0.2, 0) is 6.54 Å². The van der Waals surface area contributed by atoms with Crippen molar-refractivity contribution >= 4 is 28.3 Å². The normalized spacial score (nSPS) is 23.4. The van der Waals surface area contributed by atoms with Crippen molar-refractivity contribution in [3.8, 4) is 0 Å². The van der Waals surface area contributed by atoms with Crippen molar-refractivity contribution in [1.82, 2.24) is 10.3 Å². The maximum atomic E-state index is 4.58. The Morgan fingerprint density at radius 2 is 2.50 bits per heavy atom. The summed E-state index contributed by atoms with van der Waals surface area (Å²) in [5, 5.41) is 7.74. The zero-order chi connectivity index (χ0) is 11.4. The minimum absolute atomic E-state index is 0.609. The summed E-state index contributed by atoms with van der Waals surface area (Å²) in [6.07, 6.45) is 2.42. The number of aryl methyl sites for hydroxylation is 1. The number of aromatic nitrogens is 1. The Bertz CT molecular complexity index is 373. The SMILES string of the molecule is CCC1CCSC(=NCc2nc(C)cs2)N1. The number of aliphatic imine (C=N–C) groups is 1. The molecule has 1 aromatic heterocycles. The molecular weight excluding hydrogens is 238 g/mol. The molecule has 2 heterocycles. The molecule has 88 valence electrons. The first-order chi connectivity index (χ1) is 7.78. The molecule has 0 aromatic carbocycles. The van der Waals surface area contributed by atoms with Crippen LogP contribution >= 0.6 is 23.1 Å². The highest BCUT2D eigenvalue weighted by atomic mass is 32.2. The van der Waals surface area contributed by atoms with Crippen LogP contribution < -0.4 is 5.32 Å². The number of nitrogens with zero attached hydrogens (tertiary/aromatic N) is 2. The summed E-state index contributed by atoms with van der Waals surface area (Å²) in [4.78, 5) is 8.99. The third-order valence-corrected chi connectivity index (χ3v) is 4.46. The Hall–Kier alpha value is -0.550. The van der Waals surface area contributed by atoms with Crippen LogP contribution in [0.3, 0.4) is 0 Å². The highest BCUT2D eigenvalue weighted by Gasteiger charge is 2.15. The van der Waals surface area contributed by atoms with Gasteiger partial charge in [0.2, 0.25) is 0 Å². The summed E-state index contributed by atoms with van der Waals surface area (Å²) in [5.74, 6) is 1.18. The Labute approximate surface area is 105 Å². The van der Waals surface area contributed by atoms with Crippen LogP contribution in [0.1, 0.15) is 30.5 Å². The molecule has 1 saturated heterocycles. The van der Waals surface area contributed by atoms with E-state index < -0.39 is 0 Å². The molecule has 0 spiro atoms. The van der Waals surface area contributed by atoms with Crippen LogP contribution in [0.4, 0.5) is 0 Å². The first-order valence-corrected chi connectivity index (χ1v) is 7.49. The topological polar surface area (TPSA) is 37.3 Å². The Balaban J connectivity index is 1.91. The first-order valence-electron chi connectivity index (χ1n) is 5.62. The molecule has 0 radical (unpaired) electrons. The molecule has 0 amide bonds. The zero-order valence-corrected chi connectivity index (χ0v) is 11.3. The molecule has 1 N–H and O–H groups in total. The van der Waals surface area contributed by atoms with Gasteiger partial charge in [0, 0.05) is 22.9 Å². The fraction of sp³-hybridized carbons (Fsp3) is 0.636. The van der Waals surface area contributed by atoms with Crippen LogP contribution in [0.2, 0.25) is 0 Å². The summed E-state index contributed by atoms with van der Waals surface area (Å²) in [7, 11) is 0. The molecule has 1 unspecified atom stereocenters. The lowest BCUT2D eigenvalue weighted by molar-refractivity contribution is 0.570. The molecule has 1 atom stereocenters. The maximum Gasteiger partial charge on any atom is 0.157 e. The smallest absolute Gasteiger partial charge is 0.157 e. The average Bonchev–Trinajstić information content (AvgIpc) is 2.73. The monoisotopic (exact) mass is 255 g/mol. The summed E-state index contributed by atoms with van der Waals surface area (Å²) in [5.41, 5.74) is 1.09. The number of amidine groups is 1. The van der Waals surface area contributed by atoms with Gasteiger partial charge in [-0.3, -0.25) is 4.99 Å². The largest absolute Gasteiger partial charge is 0.362 e. The van der Waals surface area contributed by atoms with Crippen LogP contribution in [0.5, 0.6) is 0 Å². The Morgan fingerprint density at radius 3 is 3.19 bits per heavy atom. The molecule has 2 rings (SSSR count). The van der Waals surface area contributed by atoms with Gasteiger partial charge in [-0.1, -0.05) is 18.7 Å². The minimum atomic E-state index is 0.609. The molecule has 1 fully saturated rings. The molecule has 5 heteroatoms. The first kappa shape index (κ1) is 11.9. The highest BCUT2D eigenvalue weighted by molar-refractivity contribution is 8.13. The van der Waals surface area contributed by atoms with E-state index in [9.17, 15) is 0 Å².